The molecular weight excluding hydrogens is 511 g/mol. The molecule has 0 radical (unpaired) electrons. The van der Waals surface area contributed by atoms with Crippen molar-refractivity contribution in [1.82, 2.24) is 10.2 Å². The minimum absolute atomic E-state index is 0.0185. The molecule has 1 aliphatic rings. The van der Waals surface area contributed by atoms with Crippen molar-refractivity contribution in [1.29, 1.82) is 0 Å². The Bertz CT molecular complexity index is 886. The minimum Gasteiger partial charge on any atom is -0.347 e. The van der Waals surface area contributed by atoms with Gasteiger partial charge in [0.15, 0.2) is 0 Å². The lowest BCUT2D eigenvalue weighted by Gasteiger charge is -2.45. The lowest BCUT2D eigenvalue weighted by molar-refractivity contribution is -0.129. The number of likely N-dealkylation sites (tertiary alicyclic amines) is 1. The van der Waals surface area contributed by atoms with E-state index in [0.717, 1.165) is 46.0 Å². The smallest absolute Gasteiger partial charge is 0.224 e. The summed E-state index contributed by atoms with van der Waals surface area (Å²) < 4.78 is 15.5. The highest BCUT2D eigenvalue weighted by Crippen LogP contribution is 2.42. The third-order valence-corrected chi connectivity index (χ3v) is 7.46. The average Bonchev–Trinajstić information content (AvgIpc) is 2.68. The molecule has 1 heterocycles. The molecule has 0 aliphatic carbocycles. The predicted octanol–water partition coefficient (Wildman–Crippen LogP) is 6.00. The molecule has 6 heteroatoms. The van der Waals surface area contributed by atoms with Gasteiger partial charge in [-0.1, -0.05) is 50.9 Å². The van der Waals surface area contributed by atoms with Gasteiger partial charge < -0.3 is 10.2 Å². The van der Waals surface area contributed by atoms with E-state index in [1.165, 1.54) is 12.1 Å². The summed E-state index contributed by atoms with van der Waals surface area (Å²) in [6.07, 6.45) is 1.74. The van der Waals surface area contributed by atoms with Gasteiger partial charge in [0.05, 0.1) is 5.54 Å². The van der Waals surface area contributed by atoms with Crippen molar-refractivity contribution in [3.8, 4) is 0 Å². The van der Waals surface area contributed by atoms with E-state index >= 15 is 0 Å². The van der Waals surface area contributed by atoms with Crippen LogP contribution in [-0.2, 0) is 15.7 Å². The zero-order chi connectivity index (χ0) is 22.1. The predicted molar refractivity (Wildman–Crippen MR) is 127 cm³/mol. The zero-order valence-electron chi connectivity index (χ0n) is 17.9. The molecule has 30 heavy (non-hydrogen) atoms. The Morgan fingerprint density at radius 3 is 2.17 bits per heavy atom. The Morgan fingerprint density at radius 1 is 1.10 bits per heavy atom. The minimum atomic E-state index is -0.535. The van der Waals surface area contributed by atoms with Gasteiger partial charge in [0.2, 0.25) is 5.91 Å². The van der Waals surface area contributed by atoms with Crippen molar-refractivity contribution < 1.29 is 9.18 Å². The Kier molecular flexibility index (Phi) is 7.10. The fourth-order valence-electron chi connectivity index (χ4n) is 4.43. The van der Waals surface area contributed by atoms with Gasteiger partial charge >= 0.3 is 0 Å². The summed E-state index contributed by atoms with van der Waals surface area (Å²) in [5.41, 5.74) is 1.22. The van der Waals surface area contributed by atoms with Gasteiger partial charge in [0.1, 0.15) is 5.82 Å². The van der Waals surface area contributed by atoms with Gasteiger partial charge in [-0.25, -0.2) is 4.39 Å². The van der Waals surface area contributed by atoms with Gasteiger partial charge in [-0.05, 0) is 88.3 Å². The van der Waals surface area contributed by atoms with Crippen molar-refractivity contribution in [2.75, 3.05) is 20.1 Å². The summed E-state index contributed by atoms with van der Waals surface area (Å²) in [5.74, 6) is -0.475. The van der Waals surface area contributed by atoms with Crippen LogP contribution in [0.15, 0.2) is 51.4 Å². The largest absolute Gasteiger partial charge is 0.347 e. The number of halogens is 3. The summed E-state index contributed by atoms with van der Waals surface area (Å²) in [4.78, 5) is 15.8. The number of carbonyl (C=O) groups excluding carboxylic acids is 1. The average molecular weight is 540 g/mol. The Labute approximate surface area is 195 Å². The maximum atomic E-state index is 13.6. The number of piperidine rings is 1. The summed E-state index contributed by atoms with van der Waals surface area (Å²) in [5, 5.41) is 3.27. The van der Waals surface area contributed by atoms with Crippen LogP contribution in [0.1, 0.15) is 44.7 Å². The summed E-state index contributed by atoms with van der Waals surface area (Å²) in [7, 11) is 2.10. The number of nitrogens with one attached hydrogen (secondary N) is 1. The van der Waals surface area contributed by atoms with Gasteiger partial charge in [-0.15, -0.1) is 0 Å². The Morgan fingerprint density at radius 2 is 1.63 bits per heavy atom. The van der Waals surface area contributed by atoms with E-state index in [1.54, 1.807) is 0 Å². The number of carbonyl (C=O) groups is 1. The highest BCUT2D eigenvalue weighted by molar-refractivity contribution is 9.11. The molecule has 2 aromatic rings. The van der Waals surface area contributed by atoms with E-state index in [9.17, 15) is 9.18 Å². The molecular formula is C24H29Br2FN2O. The molecule has 1 saturated heterocycles. The summed E-state index contributed by atoms with van der Waals surface area (Å²) in [6, 6.07) is 12.7. The van der Waals surface area contributed by atoms with Crippen LogP contribution in [-0.4, -0.2) is 30.9 Å². The maximum Gasteiger partial charge on any atom is 0.224 e. The summed E-state index contributed by atoms with van der Waals surface area (Å²) in [6.45, 7) is 7.88. The highest BCUT2D eigenvalue weighted by atomic mass is 79.9. The molecule has 1 atom stereocenters. The second kappa shape index (κ2) is 9.09. The first kappa shape index (κ1) is 23.4. The number of hydrogen-bond donors (Lipinski definition) is 1. The molecule has 2 aromatic carbocycles. The number of hydrogen-bond acceptors (Lipinski definition) is 2. The van der Waals surface area contributed by atoms with Crippen LogP contribution < -0.4 is 5.32 Å². The highest BCUT2D eigenvalue weighted by Gasteiger charge is 2.44. The van der Waals surface area contributed by atoms with Crippen molar-refractivity contribution in [3.05, 3.63) is 68.4 Å². The number of rotatable bonds is 5. The van der Waals surface area contributed by atoms with Crippen LogP contribution in [0, 0.1) is 11.7 Å². The molecule has 0 bridgehead atoms. The lowest BCUT2D eigenvalue weighted by Crippen LogP contribution is -2.52. The molecule has 1 N–H and O–H groups in total. The van der Waals surface area contributed by atoms with E-state index < -0.39 is 5.54 Å². The molecule has 1 aliphatic heterocycles. The molecule has 0 spiro atoms. The number of amides is 1. The molecule has 162 valence electrons. The molecule has 1 fully saturated rings. The molecule has 3 rings (SSSR count). The van der Waals surface area contributed by atoms with E-state index in [0.29, 0.717) is 0 Å². The van der Waals surface area contributed by atoms with Gasteiger partial charge in [-0.2, -0.15) is 0 Å². The third kappa shape index (κ3) is 4.97. The summed E-state index contributed by atoms with van der Waals surface area (Å²) >= 11 is 7.07. The molecule has 3 nitrogen and oxygen atoms in total. The van der Waals surface area contributed by atoms with Crippen molar-refractivity contribution in [2.45, 2.75) is 44.6 Å². The van der Waals surface area contributed by atoms with Crippen LogP contribution in [0.5, 0.6) is 0 Å². The Hall–Kier alpha value is -1.24. The molecule has 1 amide bonds. The second-order valence-corrected chi connectivity index (χ2v) is 10.8. The SMILES string of the molecule is CC(C(=O)NC(C)(C)c1cc(Br)cc(Br)c1)C1(c2ccc(F)cc2)CCN(C)CC1. The normalized spacial score (nSPS) is 18.1. The van der Waals surface area contributed by atoms with Crippen LogP contribution in [0.25, 0.3) is 0 Å². The van der Waals surface area contributed by atoms with Crippen LogP contribution in [0.2, 0.25) is 0 Å². The van der Waals surface area contributed by atoms with Crippen LogP contribution in [0.3, 0.4) is 0 Å². The van der Waals surface area contributed by atoms with E-state index in [4.69, 9.17) is 0 Å². The number of benzene rings is 2. The zero-order valence-corrected chi connectivity index (χ0v) is 21.1. The third-order valence-electron chi connectivity index (χ3n) is 6.54. The molecule has 1 unspecified atom stereocenters. The van der Waals surface area contributed by atoms with Crippen molar-refractivity contribution in [3.63, 3.8) is 0 Å². The van der Waals surface area contributed by atoms with Crippen molar-refractivity contribution in [2.24, 2.45) is 5.92 Å². The maximum absolute atomic E-state index is 13.6. The van der Waals surface area contributed by atoms with E-state index in [-0.39, 0.29) is 23.1 Å². The fraction of sp³-hybridized carbons (Fsp3) is 0.458. The Balaban J connectivity index is 1.89. The van der Waals surface area contributed by atoms with Crippen LogP contribution >= 0.6 is 31.9 Å². The first-order valence-electron chi connectivity index (χ1n) is 10.3. The topological polar surface area (TPSA) is 32.3 Å². The first-order chi connectivity index (χ1) is 14.0. The number of nitrogens with zero attached hydrogens (tertiary/aromatic N) is 1. The van der Waals surface area contributed by atoms with E-state index in [1.807, 2.05) is 51.1 Å². The molecule has 0 saturated carbocycles. The first-order valence-corrected chi connectivity index (χ1v) is 11.9. The lowest BCUT2D eigenvalue weighted by atomic mass is 9.64. The van der Waals surface area contributed by atoms with Gasteiger partial charge in [-0.3, -0.25) is 4.79 Å². The fourth-order valence-corrected chi connectivity index (χ4v) is 5.72. The molecule has 0 aromatic heterocycles. The standard InChI is InChI=1S/C24H29Br2FN2O/c1-16(22(30)28-23(2,3)18-13-19(25)15-20(26)14-18)24(9-11-29(4)12-10-24)17-5-7-21(27)8-6-17/h5-8,13-16H,9-12H2,1-4H3,(H,28,30). The second-order valence-electron chi connectivity index (χ2n) is 8.96. The van der Waals surface area contributed by atoms with Gasteiger partial charge in [0.25, 0.3) is 0 Å². The monoisotopic (exact) mass is 538 g/mol. The van der Waals surface area contributed by atoms with E-state index in [2.05, 4.69) is 49.1 Å². The van der Waals surface area contributed by atoms with Crippen LogP contribution in [0.4, 0.5) is 4.39 Å². The quantitative estimate of drug-likeness (QED) is 0.505. The van der Waals surface area contributed by atoms with Crippen molar-refractivity contribution >= 4 is 37.8 Å². The van der Waals surface area contributed by atoms with Gasteiger partial charge in [0, 0.05) is 20.3 Å².